The zero-order chi connectivity index (χ0) is 10.8. The topological polar surface area (TPSA) is 67.3 Å². The quantitative estimate of drug-likeness (QED) is 0.682. The van der Waals surface area contributed by atoms with Gasteiger partial charge in [0, 0.05) is 6.20 Å². The first-order valence-electron chi connectivity index (χ1n) is 3.90. The maximum atomic E-state index is 5.68. The lowest BCUT2D eigenvalue weighted by atomic mass is 10.7. The standard InChI is InChI=1S/C7H5BrClN5S/c1-3-11-7(14-13-3)15-5-4(8)2-10-6(9)12-5/h2H,1H3,(H,11,13,14). The summed E-state index contributed by atoms with van der Waals surface area (Å²) < 4.78 is 0.763. The molecule has 2 aromatic rings. The molecule has 0 saturated carbocycles. The number of aryl methyl sites for hydroxylation is 1. The molecule has 0 radical (unpaired) electrons. The number of halogens is 2. The van der Waals surface area contributed by atoms with Gasteiger partial charge in [0.1, 0.15) is 10.9 Å². The summed E-state index contributed by atoms with van der Waals surface area (Å²) in [4.78, 5) is 12.0. The van der Waals surface area contributed by atoms with E-state index in [0.717, 1.165) is 10.3 Å². The molecule has 2 heterocycles. The largest absolute Gasteiger partial charge is 0.262 e. The fraction of sp³-hybridized carbons (Fsp3) is 0.143. The summed E-state index contributed by atoms with van der Waals surface area (Å²) in [5, 5.41) is 8.22. The van der Waals surface area contributed by atoms with Gasteiger partial charge in [-0.2, -0.15) is 0 Å². The third kappa shape index (κ3) is 2.67. The molecule has 0 bridgehead atoms. The Morgan fingerprint density at radius 1 is 1.47 bits per heavy atom. The van der Waals surface area contributed by atoms with E-state index in [4.69, 9.17) is 11.6 Å². The molecule has 0 saturated heterocycles. The monoisotopic (exact) mass is 305 g/mol. The zero-order valence-corrected chi connectivity index (χ0v) is 10.7. The Kier molecular flexibility index (Phi) is 3.22. The van der Waals surface area contributed by atoms with Crippen LogP contribution in [0.2, 0.25) is 5.28 Å². The second-order valence-corrected chi connectivity index (χ2v) is 4.75. The van der Waals surface area contributed by atoms with Crippen molar-refractivity contribution >= 4 is 39.3 Å². The highest BCUT2D eigenvalue weighted by Gasteiger charge is 2.09. The van der Waals surface area contributed by atoms with Crippen LogP contribution < -0.4 is 0 Å². The van der Waals surface area contributed by atoms with E-state index in [1.54, 1.807) is 6.20 Å². The summed E-state index contributed by atoms with van der Waals surface area (Å²) in [7, 11) is 0. The van der Waals surface area contributed by atoms with E-state index in [2.05, 4.69) is 41.1 Å². The lowest BCUT2D eigenvalue weighted by molar-refractivity contribution is 0.957. The van der Waals surface area contributed by atoms with Crippen LogP contribution in [-0.4, -0.2) is 25.1 Å². The van der Waals surface area contributed by atoms with Gasteiger partial charge in [0.2, 0.25) is 10.4 Å². The summed E-state index contributed by atoms with van der Waals surface area (Å²) >= 11 is 10.3. The Morgan fingerprint density at radius 2 is 2.27 bits per heavy atom. The van der Waals surface area contributed by atoms with Crippen LogP contribution in [-0.2, 0) is 0 Å². The van der Waals surface area contributed by atoms with E-state index in [1.807, 2.05) is 6.92 Å². The van der Waals surface area contributed by atoms with Gasteiger partial charge in [0.05, 0.1) is 4.47 Å². The predicted molar refractivity (Wildman–Crippen MR) is 60.0 cm³/mol. The number of nitrogens with zero attached hydrogens (tertiary/aromatic N) is 4. The van der Waals surface area contributed by atoms with Crippen molar-refractivity contribution in [2.24, 2.45) is 0 Å². The number of aromatic nitrogens is 5. The Morgan fingerprint density at radius 3 is 2.93 bits per heavy atom. The fourth-order valence-electron chi connectivity index (χ4n) is 0.857. The molecule has 0 aliphatic heterocycles. The molecule has 0 aliphatic rings. The van der Waals surface area contributed by atoms with Gasteiger partial charge in [0.25, 0.3) is 0 Å². The maximum absolute atomic E-state index is 5.68. The Bertz CT molecular complexity index is 488. The molecule has 8 heteroatoms. The van der Waals surface area contributed by atoms with E-state index in [0.29, 0.717) is 10.2 Å². The molecule has 5 nitrogen and oxygen atoms in total. The van der Waals surface area contributed by atoms with Gasteiger partial charge >= 0.3 is 0 Å². The van der Waals surface area contributed by atoms with Crippen LogP contribution in [0.1, 0.15) is 5.82 Å². The van der Waals surface area contributed by atoms with Gasteiger partial charge in [-0.3, -0.25) is 5.10 Å². The molecular formula is C7H5BrClN5S. The normalized spacial score (nSPS) is 10.6. The van der Waals surface area contributed by atoms with Gasteiger partial charge < -0.3 is 0 Å². The van der Waals surface area contributed by atoms with Crippen molar-refractivity contribution in [2.75, 3.05) is 0 Å². The highest BCUT2D eigenvalue weighted by molar-refractivity contribution is 9.10. The lowest BCUT2D eigenvalue weighted by Gasteiger charge is -1.98. The third-order valence-electron chi connectivity index (χ3n) is 1.45. The van der Waals surface area contributed by atoms with E-state index in [1.165, 1.54) is 11.8 Å². The average molecular weight is 307 g/mol. The Balaban J connectivity index is 2.27. The van der Waals surface area contributed by atoms with Crippen LogP contribution in [0.25, 0.3) is 0 Å². The van der Waals surface area contributed by atoms with E-state index < -0.39 is 0 Å². The molecule has 2 rings (SSSR count). The predicted octanol–water partition coefficient (Wildman–Crippen LogP) is 2.47. The van der Waals surface area contributed by atoms with Crippen LogP contribution in [0.4, 0.5) is 0 Å². The van der Waals surface area contributed by atoms with Crippen LogP contribution in [0.5, 0.6) is 0 Å². The fourth-order valence-corrected chi connectivity index (χ4v) is 2.20. The molecule has 0 amide bonds. The van der Waals surface area contributed by atoms with E-state index in [-0.39, 0.29) is 5.28 Å². The third-order valence-corrected chi connectivity index (χ3v) is 3.34. The highest BCUT2D eigenvalue weighted by atomic mass is 79.9. The first-order valence-corrected chi connectivity index (χ1v) is 5.89. The maximum Gasteiger partial charge on any atom is 0.223 e. The second kappa shape index (κ2) is 4.46. The molecule has 0 unspecified atom stereocenters. The molecule has 0 atom stereocenters. The number of H-pyrrole nitrogens is 1. The van der Waals surface area contributed by atoms with Gasteiger partial charge in [-0.1, -0.05) is 0 Å². The molecule has 15 heavy (non-hydrogen) atoms. The minimum absolute atomic E-state index is 0.202. The van der Waals surface area contributed by atoms with Crippen molar-refractivity contribution in [2.45, 2.75) is 17.1 Å². The van der Waals surface area contributed by atoms with Crippen molar-refractivity contribution in [3.05, 3.63) is 21.8 Å². The van der Waals surface area contributed by atoms with Gasteiger partial charge in [0.15, 0.2) is 0 Å². The molecule has 2 aromatic heterocycles. The number of nitrogens with one attached hydrogen (secondary N) is 1. The minimum Gasteiger partial charge on any atom is -0.262 e. The number of aromatic amines is 1. The van der Waals surface area contributed by atoms with Crippen molar-refractivity contribution in [3.63, 3.8) is 0 Å². The van der Waals surface area contributed by atoms with Gasteiger partial charge in [-0.25, -0.2) is 15.0 Å². The van der Waals surface area contributed by atoms with Gasteiger partial charge in [-0.15, -0.1) is 5.10 Å². The highest BCUT2D eigenvalue weighted by Crippen LogP contribution is 2.29. The summed E-state index contributed by atoms with van der Waals surface area (Å²) in [5.74, 6) is 0.758. The lowest BCUT2D eigenvalue weighted by Crippen LogP contribution is -1.87. The Hall–Kier alpha value is -0.660. The molecule has 0 fully saturated rings. The molecular weight excluding hydrogens is 302 g/mol. The summed E-state index contributed by atoms with van der Waals surface area (Å²) in [6, 6.07) is 0. The molecule has 0 aromatic carbocycles. The van der Waals surface area contributed by atoms with Crippen molar-refractivity contribution in [1.29, 1.82) is 0 Å². The van der Waals surface area contributed by atoms with Crippen molar-refractivity contribution in [1.82, 2.24) is 25.1 Å². The first-order chi connectivity index (χ1) is 7.15. The summed E-state index contributed by atoms with van der Waals surface area (Å²) in [5.41, 5.74) is 0. The summed E-state index contributed by atoms with van der Waals surface area (Å²) in [6.07, 6.45) is 1.59. The zero-order valence-electron chi connectivity index (χ0n) is 7.53. The van der Waals surface area contributed by atoms with E-state index >= 15 is 0 Å². The molecule has 78 valence electrons. The van der Waals surface area contributed by atoms with E-state index in [9.17, 15) is 0 Å². The minimum atomic E-state index is 0.202. The average Bonchev–Trinajstić information content (AvgIpc) is 2.58. The number of hydrogen-bond donors (Lipinski definition) is 1. The molecule has 0 spiro atoms. The van der Waals surface area contributed by atoms with Gasteiger partial charge in [-0.05, 0) is 46.2 Å². The second-order valence-electron chi connectivity index (χ2n) is 2.60. The number of rotatable bonds is 2. The Labute approximate surface area is 103 Å². The van der Waals surface area contributed by atoms with Crippen LogP contribution in [0.3, 0.4) is 0 Å². The smallest absolute Gasteiger partial charge is 0.223 e. The number of hydrogen-bond acceptors (Lipinski definition) is 5. The summed E-state index contributed by atoms with van der Waals surface area (Å²) in [6.45, 7) is 1.83. The molecule has 0 aliphatic carbocycles. The van der Waals surface area contributed by atoms with Crippen molar-refractivity contribution < 1.29 is 0 Å². The molecule has 1 N–H and O–H groups in total. The van der Waals surface area contributed by atoms with Crippen LogP contribution in [0, 0.1) is 6.92 Å². The van der Waals surface area contributed by atoms with Crippen molar-refractivity contribution in [3.8, 4) is 0 Å². The van der Waals surface area contributed by atoms with Crippen LogP contribution in [0.15, 0.2) is 20.9 Å². The van der Waals surface area contributed by atoms with Crippen LogP contribution >= 0.6 is 39.3 Å². The first kappa shape index (κ1) is 10.8. The SMILES string of the molecule is Cc1nc(Sc2nc(Cl)ncc2Br)n[nH]1.